The molecule has 0 saturated heterocycles. The first-order valence-corrected chi connectivity index (χ1v) is 10.3. The van der Waals surface area contributed by atoms with E-state index in [-0.39, 0.29) is 5.91 Å². The molecule has 0 atom stereocenters. The molecule has 2 heterocycles. The van der Waals surface area contributed by atoms with Crippen molar-refractivity contribution in [2.45, 2.75) is 32.2 Å². The van der Waals surface area contributed by atoms with E-state index in [0.29, 0.717) is 22.0 Å². The number of hydrogen-bond acceptors (Lipinski definition) is 4. The molecule has 30 heavy (non-hydrogen) atoms. The second-order valence-electron chi connectivity index (χ2n) is 7.19. The molecule has 1 aromatic heterocycles. The monoisotopic (exact) mass is 423 g/mol. The highest BCUT2D eigenvalue weighted by molar-refractivity contribution is 6.30. The highest BCUT2D eigenvalue weighted by Crippen LogP contribution is 2.29. The Morgan fingerprint density at radius 2 is 1.83 bits per heavy atom. The number of nitrogens with one attached hydrogen (secondary N) is 1. The van der Waals surface area contributed by atoms with Crippen LogP contribution in [0.3, 0.4) is 0 Å². The van der Waals surface area contributed by atoms with E-state index in [1.807, 2.05) is 24.3 Å². The van der Waals surface area contributed by atoms with Gasteiger partial charge in [0.25, 0.3) is 5.91 Å². The van der Waals surface area contributed by atoms with Crippen LogP contribution in [0.15, 0.2) is 48.5 Å². The molecule has 0 unspecified atom stereocenters. The lowest BCUT2D eigenvalue weighted by Crippen LogP contribution is -2.17. The predicted octanol–water partition coefficient (Wildman–Crippen LogP) is 4.97. The number of halogens is 1. The van der Waals surface area contributed by atoms with Crippen molar-refractivity contribution in [3.8, 4) is 11.4 Å². The quantitative estimate of drug-likeness (QED) is 0.601. The fourth-order valence-electron chi connectivity index (χ4n) is 3.78. The SMILES string of the molecule is COC(=O)c1ccccc1NC(=O)c1nc(-c2ccc(Cl)cc2)n2c1CCCCC2. The van der Waals surface area contributed by atoms with Crippen LogP contribution in [0.4, 0.5) is 5.69 Å². The van der Waals surface area contributed by atoms with Crippen LogP contribution in [-0.4, -0.2) is 28.5 Å². The van der Waals surface area contributed by atoms with E-state index in [4.69, 9.17) is 21.3 Å². The molecule has 7 heteroatoms. The number of esters is 1. The van der Waals surface area contributed by atoms with Gasteiger partial charge in [-0.05, 0) is 55.7 Å². The summed E-state index contributed by atoms with van der Waals surface area (Å²) in [6.07, 6.45) is 3.93. The molecule has 3 aromatic rings. The number of imidazole rings is 1. The van der Waals surface area contributed by atoms with Gasteiger partial charge in [-0.2, -0.15) is 0 Å². The number of fused-ring (bicyclic) bond motifs is 1. The third-order valence-electron chi connectivity index (χ3n) is 5.27. The van der Waals surface area contributed by atoms with E-state index >= 15 is 0 Å². The van der Waals surface area contributed by atoms with E-state index in [2.05, 4.69) is 9.88 Å². The Labute approximate surface area is 179 Å². The van der Waals surface area contributed by atoms with Crippen LogP contribution in [0.5, 0.6) is 0 Å². The molecule has 0 fully saturated rings. The summed E-state index contributed by atoms with van der Waals surface area (Å²) in [5.74, 6) is -0.0800. The Kier molecular flexibility index (Phi) is 5.86. The van der Waals surface area contributed by atoms with Crippen molar-refractivity contribution in [1.29, 1.82) is 0 Å². The van der Waals surface area contributed by atoms with Gasteiger partial charge in [-0.25, -0.2) is 9.78 Å². The van der Waals surface area contributed by atoms with Crippen LogP contribution in [0, 0.1) is 0 Å². The van der Waals surface area contributed by atoms with E-state index < -0.39 is 5.97 Å². The van der Waals surface area contributed by atoms with Gasteiger partial charge in [-0.1, -0.05) is 30.2 Å². The van der Waals surface area contributed by atoms with Crippen molar-refractivity contribution in [1.82, 2.24) is 9.55 Å². The van der Waals surface area contributed by atoms with Crippen molar-refractivity contribution in [3.63, 3.8) is 0 Å². The van der Waals surface area contributed by atoms with E-state index in [1.54, 1.807) is 24.3 Å². The summed E-state index contributed by atoms with van der Waals surface area (Å²) in [6, 6.07) is 14.3. The van der Waals surface area contributed by atoms with Crippen LogP contribution in [0.25, 0.3) is 11.4 Å². The number of carbonyl (C=O) groups excluding carboxylic acids is 2. The molecule has 0 spiro atoms. The maximum atomic E-state index is 13.2. The number of ether oxygens (including phenoxy) is 1. The molecule has 6 nitrogen and oxygen atoms in total. The largest absolute Gasteiger partial charge is 0.465 e. The highest BCUT2D eigenvalue weighted by atomic mass is 35.5. The number of rotatable bonds is 4. The summed E-state index contributed by atoms with van der Waals surface area (Å²) in [4.78, 5) is 30.0. The summed E-state index contributed by atoms with van der Waals surface area (Å²) in [7, 11) is 1.31. The molecule has 1 aliphatic rings. The van der Waals surface area contributed by atoms with Crippen LogP contribution in [0.1, 0.15) is 45.8 Å². The summed E-state index contributed by atoms with van der Waals surface area (Å²) < 4.78 is 6.96. The molecule has 1 amide bonds. The maximum Gasteiger partial charge on any atom is 0.339 e. The maximum absolute atomic E-state index is 13.2. The number of aromatic nitrogens is 2. The van der Waals surface area contributed by atoms with Gasteiger partial charge >= 0.3 is 5.97 Å². The second kappa shape index (κ2) is 8.71. The van der Waals surface area contributed by atoms with Gasteiger partial charge in [0, 0.05) is 17.1 Å². The van der Waals surface area contributed by atoms with E-state index in [1.165, 1.54) is 7.11 Å². The number of carbonyl (C=O) groups is 2. The minimum atomic E-state index is -0.503. The average molecular weight is 424 g/mol. The van der Waals surface area contributed by atoms with E-state index in [0.717, 1.165) is 49.3 Å². The molecule has 1 aliphatic heterocycles. The third-order valence-corrected chi connectivity index (χ3v) is 5.52. The van der Waals surface area contributed by atoms with Gasteiger partial charge in [0.15, 0.2) is 0 Å². The zero-order valence-corrected chi connectivity index (χ0v) is 17.4. The lowest BCUT2D eigenvalue weighted by atomic mass is 10.1. The number of methoxy groups -OCH3 is 1. The van der Waals surface area contributed by atoms with Gasteiger partial charge in [-0.3, -0.25) is 4.79 Å². The number of anilines is 1. The van der Waals surface area contributed by atoms with Gasteiger partial charge in [-0.15, -0.1) is 0 Å². The Hall–Kier alpha value is -3.12. The number of benzene rings is 2. The Morgan fingerprint density at radius 1 is 1.07 bits per heavy atom. The summed E-state index contributed by atoms with van der Waals surface area (Å²) >= 11 is 6.04. The van der Waals surface area contributed by atoms with Crippen molar-refractivity contribution >= 4 is 29.2 Å². The molecule has 0 aliphatic carbocycles. The number of para-hydroxylation sites is 1. The van der Waals surface area contributed by atoms with Gasteiger partial charge in [0.05, 0.1) is 24.1 Å². The summed E-state index contributed by atoms with van der Waals surface area (Å²) in [6.45, 7) is 0.812. The third kappa shape index (κ3) is 3.96. The summed E-state index contributed by atoms with van der Waals surface area (Å²) in [5.41, 5.74) is 2.93. The zero-order valence-electron chi connectivity index (χ0n) is 16.7. The molecule has 2 aromatic carbocycles. The summed E-state index contributed by atoms with van der Waals surface area (Å²) in [5, 5.41) is 3.50. The Bertz CT molecular complexity index is 1090. The normalized spacial score (nSPS) is 13.3. The molecule has 0 saturated carbocycles. The van der Waals surface area contributed by atoms with Crippen molar-refractivity contribution in [2.24, 2.45) is 0 Å². The number of nitrogens with zero attached hydrogens (tertiary/aromatic N) is 2. The topological polar surface area (TPSA) is 73.2 Å². The van der Waals surface area contributed by atoms with Crippen LogP contribution in [-0.2, 0) is 17.7 Å². The van der Waals surface area contributed by atoms with Crippen molar-refractivity contribution in [2.75, 3.05) is 12.4 Å². The van der Waals surface area contributed by atoms with Crippen molar-refractivity contribution in [3.05, 3.63) is 70.5 Å². The second-order valence-corrected chi connectivity index (χ2v) is 7.63. The zero-order chi connectivity index (χ0) is 21.1. The minimum Gasteiger partial charge on any atom is -0.465 e. The molecule has 0 radical (unpaired) electrons. The van der Waals surface area contributed by atoms with Crippen LogP contribution < -0.4 is 5.32 Å². The fraction of sp³-hybridized carbons (Fsp3) is 0.261. The molecule has 4 rings (SSSR count). The lowest BCUT2D eigenvalue weighted by Gasteiger charge is -2.10. The van der Waals surface area contributed by atoms with Gasteiger partial charge in [0.2, 0.25) is 0 Å². The van der Waals surface area contributed by atoms with Gasteiger partial charge < -0.3 is 14.6 Å². The van der Waals surface area contributed by atoms with Crippen molar-refractivity contribution < 1.29 is 14.3 Å². The Morgan fingerprint density at radius 3 is 2.60 bits per heavy atom. The number of hydrogen-bond donors (Lipinski definition) is 1. The molecule has 154 valence electrons. The van der Waals surface area contributed by atoms with Crippen LogP contribution >= 0.6 is 11.6 Å². The predicted molar refractivity (Wildman–Crippen MR) is 116 cm³/mol. The van der Waals surface area contributed by atoms with Crippen LogP contribution in [0.2, 0.25) is 5.02 Å². The fourth-order valence-corrected chi connectivity index (χ4v) is 3.91. The first-order valence-electron chi connectivity index (χ1n) is 9.92. The molecular formula is C23H22ClN3O3. The van der Waals surface area contributed by atoms with E-state index in [9.17, 15) is 9.59 Å². The lowest BCUT2D eigenvalue weighted by molar-refractivity contribution is 0.0602. The number of amides is 1. The first kappa shape index (κ1) is 20.2. The Balaban J connectivity index is 1.73. The minimum absolute atomic E-state index is 0.302. The highest BCUT2D eigenvalue weighted by Gasteiger charge is 2.25. The molecular weight excluding hydrogens is 402 g/mol. The molecule has 0 bridgehead atoms. The average Bonchev–Trinajstić information content (AvgIpc) is 2.95. The van der Waals surface area contributed by atoms with Gasteiger partial charge in [0.1, 0.15) is 11.5 Å². The standard InChI is InChI=1S/C23H22ClN3O3/c1-30-23(29)17-7-4-5-8-18(17)25-22(28)20-19-9-3-2-6-14-27(19)21(26-20)15-10-12-16(24)13-11-15/h4-5,7-8,10-13H,2-3,6,9,14H2,1H3,(H,25,28). The first-order chi connectivity index (χ1) is 14.6. The molecule has 1 N–H and O–H groups in total. The smallest absolute Gasteiger partial charge is 0.339 e.